The lowest BCUT2D eigenvalue weighted by Gasteiger charge is -2.52. The van der Waals surface area contributed by atoms with Gasteiger partial charge in [-0.05, 0) is 31.2 Å². The molecule has 4 heterocycles. The van der Waals surface area contributed by atoms with Gasteiger partial charge in [0, 0.05) is 24.7 Å². The summed E-state index contributed by atoms with van der Waals surface area (Å²) >= 11 is 0. The zero-order valence-electron chi connectivity index (χ0n) is 14.5. The zero-order valence-corrected chi connectivity index (χ0v) is 14.5. The van der Waals surface area contributed by atoms with Gasteiger partial charge in [0.2, 0.25) is 0 Å². The van der Waals surface area contributed by atoms with Gasteiger partial charge in [0.1, 0.15) is 17.4 Å². The van der Waals surface area contributed by atoms with Crippen LogP contribution in [-0.4, -0.2) is 52.2 Å². The fraction of sp³-hybridized carbons (Fsp3) is 0.421. The van der Waals surface area contributed by atoms with Gasteiger partial charge in [0.05, 0.1) is 19.7 Å². The van der Waals surface area contributed by atoms with Gasteiger partial charge in [0.25, 0.3) is 11.8 Å². The molecule has 2 aromatic rings. The quantitative estimate of drug-likeness (QED) is 0.844. The van der Waals surface area contributed by atoms with Gasteiger partial charge in [-0.1, -0.05) is 6.07 Å². The fourth-order valence-electron chi connectivity index (χ4n) is 3.54. The second-order valence-corrected chi connectivity index (χ2v) is 6.88. The molecular weight excluding hydrogens is 337 g/mol. The SMILES string of the molecule is Cc1cccc(C(=O)N2CC3(C[C@H](Oc4ncccc4F)CCO3)C2)n1. The summed E-state index contributed by atoms with van der Waals surface area (Å²) in [4.78, 5) is 22.5. The van der Waals surface area contributed by atoms with Crippen molar-refractivity contribution < 1.29 is 18.7 Å². The molecule has 136 valence electrons. The molecule has 1 amide bonds. The highest BCUT2D eigenvalue weighted by atomic mass is 19.1. The summed E-state index contributed by atoms with van der Waals surface area (Å²) in [5.74, 6) is -0.545. The van der Waals surface area contributed by atoms with Crippen LogP contribution in [0.4, 0.5) is 4.39 Å². The number of aryl methyl sites for hydroxylation is 1. The molecule has 7 heteroatoms. The van der Waals surface area contributed by atoms with E-state index in [4.69, 9.17) is 9.47 Å². The Bertz CT molecular complexity index is 823. The van der Waals surface area contributed by atoms with Crippen LogP contribution in [0.5, 0.6) is 5.88 Å². The van der Waals surface area contributed by atoms with Crippen molar-refractivity contribution in [3.8, 4) is 5.88 Å². The summed E-state index contributed by atoms with van der Waals surface area (Å²) in [7, 11) is 0. The number of ether oxygens (including phenoxy) is 2. The van der Waals surface area contributed by atoms with Crippen LogP contribution in [0, 0.1) is 12.7 Å². The summed E-state index contributed by atoms with van der Waals surface area (Å²) in [5, 5.41) is 0. The molecule has 0 aromatic carbocycles. The van der Waals surface area contributed by atoms with Gasteiger partial charge in [-0.25, -0.2) is 14.4 Å². The second-order valence-electron chi connectivity index (χ2n) is 6.88. The van der Waals surface area contributed by atoms with E-state index in [-0.39, 0.29) is 17.9 Å². The number of aromatic nitrogens is 2. The van der Waals surface area contributed by atoms with Crippen LogP contribution in [0.3, 0.4) is 0 Å². The minimum Gasteiger partial charge on any atom is -0.472 e. The lowest BCUT2D eigenvalue weighted by atomic mass is 9.84. The normalized spacial score (nSPS) is 21.3. The fourth-order valence-corrected chi connectivity index (χ4v) is 3.54. The van der Waals surface area contributed by atoms with Crippen LogP contribution in [0.25, 0.3) is 0 Å². The van der Waals surface area contributed by atoms with Gasteiger partial charge >= 0.3 is 0 Å². The van der Waals surface area contributed by atoms with Gasteiger partial charge in [0.15, 0.2) is 5.82 Å². The molecule has 2 aromatic heterocycles. The third-order valence-electron chi connectivity index (χ3n) is 4.80. The maximum absolute atomic E-state index is 13.7. The number of rotatable bonds is 3. The maximum Gasteiger partial charge on any atom is 0.272 e. The molecule has 0 N–H and O–H groups in total. The highest BCUT2D eigenvalue weighted by molar-refractivity contribution is 5.93. The number of carbonyl (C=O) groups is 1. The maximum atomic E-state index is 13.7. The average Bonchev–Trinajstić information content (AvgIpc) is 2.61. The Morgan fingerprint density at radius 3 is 2.96 bits per heavy atom. The molecule has 0 radical (unpaired) electrons. The van der Waals surface area contributed by atoms with E-state index in [2.05, 4.69) is 9.97 Å². The first-order valence-electron chi connectivity index (χ1n) is 8.69. The minimum absolute atomic E-state index is 0.0192. The molecule has 2 fully saturated rings. The van der Waals surface area contributed by atoms with Gasteiger partial charge < -0.3 is 14.4 Å². The van der Waals surface area contributed by atoms with E-state index >= 15 is 0 Å². The molecule has 2 saturated heterocycles. The van der Waals surface area contributed by atoms with Crippen molar-refractivity contribution in [2.45, 2.75) is 31.5 Å². The minimum atomic E-state index is -0.469. The lowest BCUT2D eigenvalue weighted by Crippen LogP contribution is -2.67. The largest absolute Gasteiger partial charge is 0.472 e. The molecule has 1 spiro atoms. The van der Waals surface area contributed by atoms with Crippen LogP contribution in [0.1, 0.15) is 29.0 Å². The number of likely N-dealkylation sites (tertiary alicyclic amines) is 1. The molecule has 0 saturated carbocycles. The first-order chi connectivity index (χ1) is 12.5. The van der Waals surface area contributed by atoms with Crippen molar-refractivity contribution in [1.82, 2.24) is 14.9 Å². The third kappa shape index (κ3) is 3.26. The van der Waals surface area contributed by atoms with E-state index in [9.17, 15) is 9.18 Å². The Hall–Kier alpha value is -2.54. The summed E-state index contributed by atoms with van der Waals surface area (Å²) in [6.45, 7) is 3.36. The van der Waals surface area contributed by atoms with E-state index in [1.54, 1.807) is 11.0 Å². The topological polar surface area (TPSA) is 64.6 Å². The van der Waals surface area contributed by atoms with E-state index in [1.165, 1.54) is 18.3 Å². The first kappa shape index (κ1) is 16.9. The Balaban J connectivity index is 1.38. The van der Waals surface area contributed by atoms with Crippen molar-refractivity contribution in [3.05, 3.63) is 53.7 Å². The molecule has 2 aliphatic rings. The molecule has 26 heavy (non-hydrogen) atoms. The summed E-state index contributed by atoms with van der Waals surface area (Å²) in [6.07, 6.45) is 2.60. The van der Waals surface area contributed by atoms with Crippen molar-refractivity contribution in [2.24, 2.45) is 0 Å². The highest BCUT2D eigenvalue weighted by Crippen LogP contribution is 2.36. The smallest absolute Gasteiger partial charge is 0.272 e. The number of carbonyl (C=O) groups excluding carboxylic acids is 1. The number of pyridine rings is 2. The molecule has 2 aliphatic heterocycles. The number of hydrogen-bond acceptors (Lipinski definition) is 5. The van der Waals surface area contributed by atoms with Gasteiger partial charge in [-0.15, -0.1) is 0 Å². The highest BCUT2D eigenvalue weighted by Gasteiger charge is 2.50. The molecule has 4 rings (SSSR count). The Labute approximate surface area is 151 Å². The Morgan fingerprint density at radius 1 is 1.35 bits per heavy atom. The molecule has 0 aliphatic carbocycles. The molecular formula is C19H20FN3O3. The summed E-state index contributed by atoms with van der Waals surface area (Å²) < 4.78 is 25.4. The van der Waals surface area contributed by atoms with Gasteiger partial charge in [-0.3, -0.25) is 4.79 Å². The molecule has 0 unspecified atom stereocenters. The Kier molecular flexibility index (Phi) is 4.32. The van der Waals surface area contributed by atoms with Crippen LogP contribution >= 0.6 is 0 Å². The van der Waals surface area contributed by atoms with E-state index in [0.29, 0.717) is 38.2 Å². The summed E-state index contributed by atoms with van der Waals surface area (Å²) in [5.41, 5.74) is 0.832. The standard InChI is InChI=1S/C19H20FN3O3/c1-13-4-2-6-16(22-13)18(24)23-11-19(12-23)10-14(7-9-25-19)26-17-15(20)5-3-8-21-17/h2-6,8,14H,7,9-12H2,1H3/t14-/m1/s1. The zero-order chi connectivity index (χ0) is 18.1. The average molecular weight is 357 g/mol. The van der Waals surface area contributed by atoms with E-state index in [1.807, 2.05) is 19.1 Å². The number of nitrogens with zero attached hydrogens (tertiary/aromatic N) is 3. The second kappa shape index (κ2) is 6.64. The lowest BCUT2D eigenvalue weighted by molar-refractivity contribution is -0.174. The first-order valence-corrected chi connectivity index (χ1v) is 8.69. The summed E-state index contributed by atoms with van der Waals surface area (Å²) in [6, 6.07) is 8.26. The molecule has 0 bridgehead atoms. The monoisotopic (exact) mass is 357 g/mol. The van der Waals surface area contributed by atoms with Crippen molar-refractivity contribution in [2.75, 3.05) is 19.7 Å². The van der Waals surface area contributed by atoms with Crippen molar-refractivity contribution >= 4 is 5.91 Å². The van der Waals surface area contributed by atoms with E-state index < -0.39 is 11.4 Å². The molecule has 6 nitrogen and oxygen atoms in total. The third-order valence-corrected chi connectivity index (χ3v) is 4.80. The number of amides is 1. The molecule has 1 atom stereocenters. The number of halogens is 1. The van der Waals surface area contributed by atoms with Crippen LogP contribution in [0.15, 0.2) is 36.5 Å². The van der Waals surface area contributed by atoms with Crippen molar-refractivity contribution in [3.63, 3.8) is 0 Å². The van der Waals surface area contributed by atoms with E-state index in [0.717, 1.165) is 5.69 Å². The predicted octanol–water partition coefficient (Wildman–Crippen LogP) is 2.38. The van der Waals surface area contributed by atoms with Crippen LogP contribution in [-0.2, 0) is 4.74 Å². The van der Waals surface area contributed by atoms with Gasteiger partial charge in [-0.2, -0.15) is 0 Å². The van der Waals surface area contributed by atoms with Crippen molar-refractivity contribution in [1.29, 1.82) is 0 Å². The Morgan fingerprint density at radius 2 is 2.19 bits per heavy atom. The van der Waals surface area contributed by atoms with Crippen LogP contribution < -0.4 is 4.74 Å². The predicted molar refractivity (Wildman–Crippen MR) is 91.4 cm³/mol. The van der Waals surface area contributed by atoms with Crippen LogP contribution in [0.2, 0.25) is 0 Å². The number of hydrogen-bond donors (Lipinski definition) is 0.